The summed E-state index contributed by atoms with van der Waals surface area (Å²) in [6, 6.07) is 2.12. The number of carbonyl (C=O) groups is 2. The van der Waals surface area contributed by atoms with Crippen LogP contribution in [-0.2, 0) is 14.3 Å². The van der Waals surface area contributed by atoms with Gasteiger partial charge in [0, 0.05) is 12.3 Å². The van der Waals surface area contributed by atoms with Crippen LogP contribution in [0, 0.1) is 29.1 Å². The summed E-state index contributed by atoms with van der Waals surface area (Å²) < 4.78 is 5.64. The molecule has 0 N–H and O–H groups in total. The molecule has 0 spiro atoms. The van der Waals surface area contributed by atoms with E-state index in [4.69, 9.17) is 10.00 Å². The number of hydrogen-bond donors (Lipinski definition) is 0. The molecule has 3 rings (SSSR count). The van der Waals surface area contributed by atoms with E-state index >= 15 is 0 Å². The van der Waals surface area contributed by atoms with Gasteiger partial charge < -0.3 is 4.74 Å². The van der Waals surface area contributed by atoms with E-state index < -0.39 is 0 Å². The minimum absolute atomic E-state index is 0.0343. The van der Waals surface area contributed by atoms with Crippen LogP contribution in [-0.4, -0.2) is 22.4 Å². The third-order valence-electron chi connectivity index (χ3n) is 3.57. The van der Waals surface area contributed by atoms with Crippen molar-refractivity contribution in [3.8, 4) is 6.07 Å². The Morgan fingerprint density at radius 3 is 2.87 bits per heavy atom. The zero-order valence-corrected chi connectivity index (χ0v) is 8.70. The molecular weight excluding hydrogens is 214 g/mol. The fourth-order valence-corrected chi connectivity index (χ4v) is 4.03. The SMILES string of the molecule is N#CC[C@@H]1C[C@@H]2O[C@H]1[C@H]1C(=O)SC(=O)[C@H]12. The highest BCUT2D eigenvalue weighted by molar-refractivity contribution is 8.26. The van der Waals surface area contributed by atoms with E-state index in [1.54, 1.807) is 0 Å². The van der Waals surface area contributed by atoms with Crippen molar-refractivity contribution in [2.45, 2.75) is 25.0 Å². The standard InChI is InChI=1S/C10H9NO3S/c11-2-1-4-3-5-6-7(8(4)14-5)10(13)15-9(6)12/h4-8H,1,3H2/t4-,5+,6+,7+,8-/m1/s1. The smallest absolute Gasteiger partial charge is 0.202 e. The largest absolute Gasteiger partial charge is 0.373 e. The van der Waals surface area contributed by atoms with E-state index in [0.29, 0.717) is 6.42 Å². The quantitative estimate of drug-likeness (QED) is 0.655. The fourth-order valence-electron chi connectivity index (χ4n) is 2.98. The summed E-state index contributed by atoms with van der Waals surface area (Å²) in [4.78, 5) is 23.1. The van der Waals surface area contributed by atoms with Gasteiger partial charge >= 0.3 is 0 Å². The van der Waals surface area contributed by atoms with Crippen LogP contribution in [0.1, 0.15) is 12.8 Å². The molecule has 3 aliphatic heterocycles. The predicted octanol–water partition coefficient (Wildman–Crippen LogP) is 0.720. The van der Waals surface area contributed by atoms with Crippen molar-refractivity contribution in [1.29, 1.82) is 5.26 Å². The van der Waals surface area contributed by atoms with Crippen LogP contribution >= 0.6 is 11.8 Å². The van der Waals surface area contributed by atoms with Crippen LogP contribution in [0.15, 0.2) is 0 Å². The summed E-state index contributed by atoms with van der Waals surface area (Å²) >= 11 is 0.839. The van der Waals surface area contributed by atoms with Crippen molar-refractivity contribution >= 4 is 22.0 Å². The second-order valence-corrected chi connectivity index (χ2v) is 5.30. The molecule has 3 fully saturated rings. The van der Waals surface area contributed by atoms with Crippen molar-refractivity contribution in [3.63, 3.8) is 0 Å². The van der Waals surface area contributed by atoms with Gasteiger partial charge in [0.25, 0.3) is 0 Å². The van der Waals surface area contributed by atoms with Crippen LogP contribution in [0.5, 0.6) is 0 Å². The molecule has 4 nitrogen and oxygen atoms in total. The molecule has 5 heteroatoms. The Labute approximate surface area is 91.0 Å². The number of thioether (sulfide) groups is 1. The topological polar surface area (TPSA) is 67.2 Å². The van der Waals surface area contributed by atoms with Gasteiger partial charge in [-0.1, -0.05) is 0 Å². The first-order chi connectivity index (χ1) is 7.22. The van der Waals surface area contributed by atoms with E-state index in [2.05, 4.69) is 6.07 Å². The lowest BCUT2D eigenvalue weighted by Gasteiger charge is -2.23. The van der Waals surface area contributed by atoms with Crippen LogP contribution in [0.2, 0.25) is 0 Å². The molecule has 0 aromatic heterocycles. The van der Waals surface area contributed by atoms with Crippen molar-refractivity contribution < 1.29 is 14.3 Å². The van der Waals surface area contributed by atoms with Gasteiger partial charge in [0.1, 0.15) is 0 Å². The van der Waals surface area contributed by atoms with Gasteiger partial charge in [0.2, 0.25) is 10.2 Å². The van der Waals surface area contributed by atoms with E-state index in [9.17, 15) is 9.59 Å². The highest BCUT2D eigenvalue weighted by Gasteiger charge is 2.62. The lowest BCUT2D eigenvalue weighted by atomic mass is 9.74. The van der Waals surface area contributed by atoms with Crippen LogP contribution < -0.4 is 0 Å². The minimum Gasteiger partial charge on any atom is -0.373 e. The Bertz CT molecular complexity index is 389. The molecular formula is C10H9NO3S. The molecule has 3 aliphatic rings. The molecule has 0 saturated carbocycles. The Kier molecular flexibility index (Phi) is 1.91. The molecule has 3 heterocycles. The minimum atomic E-state index is -0.264. The number of ether oxygens (including phenoxy) is 1. The lowest BCUT2D eigenvalue weighted by molar-refractivity contribution is -0.120. The summed E-state index contributed by atoms with van der Waals surface area (Å²) in [6.45, 7) is 0. The summed E-state index contributed by atoms with van der Waals surface area (Å²) in [6.07, 6.45) is 0.908. The third kappa shape index (κ3) is 1.12. The molecule has 0 amide bonds. The summed E-state index contributed by atoms with van der Waals surface area (Å²) in [5.41, 5.74) is 0. The second-order valence-electron chi connectivity index (χ2n) is 4.29. The van der Waals surface area contributed by atoms with Gasteiger partial charge in [-0.25, -0.2) is 0 Å². The van der Waals surface area contributed by atoms with Crippen molar-refractivity contribution in [3.05, 3.63) is 0 Å². The van der Waals surface area contributed by atoms with Crippen molar-refractivity contribution in [1.82, 2.24) is 0 Å². The van der Waals surface area contributed by atoms with Gasteiger partial charge in [-0.2, -0.15) is 5.26 Å². The highest BCUT2D eigenvalue weighted by Crippen LogP contribution is 2.54. The average Bonchev–Trinajstić information content (AvgIpc) is 2.80. The van der Waals surface area contributed by atoms with Gasteiger partial charge in [0.05, 0.1) is 30.1 Å². The molecule has 0 aromatic carbocycles. The van der Waals surface area contributed by atoms with Crippen molar-refractivity contribution in [2.75, 3.05) is 0 Å². The molecule has 78 valence electrons. The Morgan fingerprint density at radius 1 is 1.40 bits per heavy atom. The Hall–Kier alpha value is -0.860. The average molecular weight is 223 g/mol. The maximum atomic E-state index is 11.6. The van der Waals surface area contributed by atoms with E-state index in [0.717, 1.165) is 18.2 Å². The molecule has 5 atom stereocenters. The maximum absolute atomic E-state index is 11.6. The monoisotopic (exact) mass is 223 g/mol. The highest BCUT2D eigenvalue weighted by atomic mass is 32.2. The van der Waals surface area contributed by atoms with E-state index in [1.165, 1.54) is 0 Å². The Balaban J connectivity index is 1.89. The predicted molar refractivity (Wildman–Crippen MR) is 51.6 cm³/mol. The number of nitriles is 1. The normalized spacial score (nSPS) is 47.0. The van der Waals surface area contributed by atoms with Crippen LogP contribution in [0.3, 0.4) is 0 Å². The molecule has 0 unspecified atom stereocenters. The number of carbonyl (C=O) groups excluding carboxylic acids is 2. The summed E-state index contributed by atoms with van der Waals surface area (Å²) in [5.74, 6) is -0.334. The Morgan fingerprint density at radius 2 is 2.13 bits per heavy atom. The van der Waals surface area contributed by atoms with Gasteiger partial charge in [-0.15, -0.1) is 0 Å². The first kappa shape index (κ1) is 9.37. The van der Waals surface area contributed by atoms with Gasteiger partial charge in [-0.3, -0.25) is 9.59 Å². The molecule has 0 aliphatic carbocycles. The van der Waals surface area contributed by atoms with Crippen molar-refractivity contribution in [2.24, 2.45) is 17.8 Å². The first-order valence-electron chi connectivity index (χ1n) is 5.00. The maximum Gasteiger partial charge on any atom is 0.202 e. The molecule has 2 bridgehead atoms. The second kappa shape index (κ2) is 3.06. The zero-order chi connectivity index (χ0) is 10.6. The molecule has 15 heavy (non-hydrogen) atoms. The van der Waals surface area contributed by atoms with E-state index in [1.807, 2.05) is 0 Å². The van der Waals surface area contributed by atoms with Gasteiger partial charge in [0.15, 0.2) is 0 Å². The van der Waals surface area contributed by atoms with Crippen LogP contribution in [0.4, 0.5) is 0 Å². The first-order valence-corrected chi connectivity index (χ1v) is 5.82. The molecule has 3 saturated heterocycles. The summed E-state index contributed by atoms with van der Waals surface area (Å²) in [5, 5.41) is 8.56. The lowest BCUT2D eigenvalue weighted by Crippen LogP contribution is -2.34. The third-order valence-corrected chi connectivity index (χ3v) is 4.52. The number of nitrogens with zero attached hydrogens (tertiary/aromatic N) is 1. The van der Waals surface area contributed by atoms with Crippen LogP contribution in [0.25, 0.3) is 0 Å². The number of hydrogen-bond acceptors (Lipinski definition) is 5. The zero-order valence-electron chi connectivity index (χ0n) is 7.88. The fraction of sp³-hybridized carbons (Fsp3) is 0.700. The molecule has 0 radical (unpaired) electrons. The van der Waals surface area contributed by atoms with Gasteiger partial charge in [-0.05, 0) is 18.2 Å². The molecule has 0 aromatic rings. The summed E-state index contributed by atoms with van der Waals surface area (Å²) in [7, 11) is 0. The number of rotatable bonds is 1. The van der Waals surface area contributed by atoms with E-state index in [-0.39, 0.29) is 40.2 Å². The number of fused-ring (bicyclic) bond motifs is 5.